The van der Waals surface area contributed by atoms with Gasteiger partial charge < -0.3 is 5.32 Å². The number of halogens is 2. The maximum Gasteiger partial charge on any atom is 0.126 e. The molecule has 1 unspecified atom stereocenters. The molecule has 1 aromatic heterocycles. The predicted molar refractivity (Wildman–Crippen MR) is 73.5 cm³/mol. The molecule has 102 valence electrons. The van der Waals surface area contributed by atoms with Crippen molar-refractivity contribution in [2.75, 3.05) is 7.05 Å². The Labute approximate surface area is 115 Å². The first-order valence-electron chi connectivity index (χ1n) is 6.05. The third kappa shape index (κ3) is 3.36. The lowest BCUT2D eigenvalue weighted by Gasteiger charge is -2.15. The second kappa shape index (κ2) is 5.75. The average molecular weight is 282 g/mol. The van der Waals surface area contributed by atoms with Gasteiger partial charge in [-0.15, -0.1) is 11.3 Å². The molecule has 0 bridgehead atoms. The minimum atomic E-state index is -0.540. The first kappa shape index (κ1) is 14.1. The van der Waals surface area contributed by atoms with Crippen LogP contribution in [0.25, 0.3) is 0 Å². The maximum absolute atomic E-state index is 13.2. The zero-order chi connectivity index (χ0) is 14.0. The van der Waals surface area contributed by atoms with Gasteiger partial charge in [0.2, 0.25) is 0 Å². The van der Waals surface area contributed by atoms with Crippen LogP contribution in [0.4, 0.5) is 8.78 Å². The first-order chi connectivity index (χ1) is 8.99. The Morgan fingerprint density at radius 3 is 2.32 bits per heavy atom. The van der Waals surface area contributed by atoms with Crippen LogP contribution in [0.3, 0.4) is 0 Å². The van der Waals surface area contributed by atoms with Crippen LogP contribution >= 0.6 is 11.3 Å². The van der Waals surface area contributed by atoms with Gasteiger partial charge in [0.05, 0.1) is 10.7 Å². The van der Waals surface area contributed by atoms with Crippen molar-refractivity contribution >= 4 is 11.3 Å². The van der Waals surface area contributed by atoms with Gasteiger partial charge in [0, 0.05) is 17.0 Å². The van der Waals surface area contributed by atoms with Crippen LogP contribution in [-0.4, -0.2) is 12.0 Å². The van der Waals surface area contributed by atoms with E-state index in [-0.39, 0.29) is 6.04 Å². The Hall–Kier alpha value is -1.33. The van der Waals surface area contributed by atoms with Crippen molar-refractivity contribution in [3.63, 3.8) is 0 Å². The summed E-state index contributed by atoms with van der Waals surface area (Å²) >= 11 is 1.61. The molecule has 0 aliphatic carbocycles. The van der Waals surface area contributed by atoms with Crippen LogP contribution in [0.1, 0.15) is 27.2 Å². The molecule has 0 spiro atoms. The number of aryl methyl sites for hydroxylation is 2. The number of nitrogens with zero attached hydrogens (tertiary/aromatic N) is 1. The van der Waals surface area contributed by atoms with Crippen molar-refractivity contribution in [1.29, 1.82) is 0 Å². The summed E-state index contributed by atoms with van der Waals surface area (Å²) < 4.78 is 26.4. The fourth-order valence-corrected chi connectivity index (χ4v) is 3.20. The maximum atomic E-state index is 13.2. The Morgan fingerprint density at radius 2 is 1.84 bits per heavy atom. The normalized spacial score (nSPS) is 12.7. The summed E-state index contributed by atoms with van der Waals surface area (Å²) in [6.45, 7) is 3.91. The minimum absolute atomic E-state index is 0.0207. The van der Waals surface area contributed by atoms with Crippen LogP contribution in [0, 0.1) is 25.5 Å². The van der Waals surface area contributed by atoms with Gasteiger partial charge in [-0.1, -0.05) is 0 Å². The quantitative estimate of drug-likeness (QED) is 0.927. The second-order valence-electron chi connectivity index (χ2n) is 4.51. The van der Waals surface area contributed by atoms with Crippen LogP contribution in [0.2, 0.25) is 0 Å². The van der Waals surface area contributed by atoms with Gasteiger partial charge in [-0.3, -0.25) is 0 Å². The van der Waals surface area contributed by atoms with Crippen LogP contribution < -0.4 is 5.32 Å². The summed E-state index contributed by atoms with van der Waals surface area (Å²) in [6.07, 6.45) is 0.535. The molecular formula is C14H16F2N2S. The van der Waals surface area contributed by atoms with E-state index in [0.29, 0.717) is 12.0 Å². The zero-order valence-corrected chi connectivity index (χ0v) is 11.9. The van der Waals surface area contributed by atoms with Gasteiger partial charge in [-0.25, -0.2) is 13.8 Å². The fraction of sp³-hybridized carbons (Fsp3) is 0.357. The topological polar surface area (TPSA) is 24.9 Å². The van der Waals surface area contributed by atoms with Gasteiger partial charge in [-0.2, -0.15) is 0 Å². The second-order valence-corrected chi connectivity index (χ2v) is 5.74. The summed E-state index contributed by atoms with van der Waals surface area (Å²) in [5.41, 5.74) is 1.61. The highest BCUT2D eigenvalue weighted by atomic mass is 32.1. The van der Waals surface area contributed by atoms with E-state index < -0.39 is 11.6 Å². The Kier molecular flexibility index (Phi) is 4.27. The van der Waals surface area contributed by atoms with Crippen molar-refractivity contribution in [1.82, 2.24) is 10.3 Å². The Morgan fingerprint density at radius 1 is 1.21 bits per heavy atom. The zero-order valence-electron chi connectivity index (χ0n) is 11.1. The highest BCUT2D eigenvalue weighted by molar-refractivity contribution is 7.11. The number of aromatic nitrogens is 1. The molecular weight excluding hydrogens is 266 g/mol. The van der Waals surface area contributed by atoms with E-state index in [4.69, 9.17) is 0 Å². The number of hydrogen-bond donors (Lipinski definition) is 1. The molecule has 0 saturated carbocycles. The standard InChI is InChI=1S/C14H16F2N2S/c1-8-14(19-9(2)18-8)13(17-3)6-10-4-11(15)7-12(16)5-10/h4-5,7,13,17H,6H2,1-3H3. The third-order valence-corrected chi connectivity index (χ3v) is 4.15. The number of benzene rings is 1. The number of likely N-dealkylation sites (N-methyl/N-ethyl adjacent to an activating group) is 1. The molecule has 1 heterocycles. The lowest BCUT2D eigenvalue weighted by atomic mass is 10.0. The van der Waals surface area contributed by atoms with E-state index in [2.05, 4.69) is 10.3 Å². The number of nitrogens with one attached hydrogen (secondary N) is 1. The molecule has 19 heavy (non-hydrogen) atoms. The summed E-state index contributed by atoms with van der Waals surface area (Å²) in [5.74, 6) is -1.08. The molecule has 2 nitrogen and oxygen atoms in total. The van der Waals surface area contributed by atoms with E-state index in [1.54, 1.807) is 11.3 Å². The smallest absolute Gasteiger partial charge is 0.126 e. The molecule has 0 aliphatic rings. The van der Waals surface area contributed by atoms with Gasteiger partial charge in [0.1, 0.15) is 11.6 Å². The molecule has 2 aromatic rings. The van der Waals surface area contributed by atoms with Gasteiger partial charge >= 0.3 is 0 Å². The molecule has 2 rings (SSSR count). The molecule has 0 saturated heterocycles. The molecule has 1 N–H and O–H groups in total. The molecule has 0 amide bonds. The number of thiazole rings is 1. The Balaban J connectivity index is 2.26. The highest BCUT2D eigenvalue weighted by Gasteiger charge is 2.17. The van der Waals surface area contributed by atoms with Crippen LogP contribution in [-0.2, 0) is 6.42 Å². The lowest BCUT2D eigenvalue weighted by molar-refractivity contribution is 0.564. The third-order valence-electron chi connectivity index (χ3n) is 2.97. The summed E-state index contributed by atoms with van der Waals surface area (Å²) in [6, 6.07) is 3.65. The van der Waals surface area contributed by atoms with Crippen molar-refractivity contribution in [3.05, 3.63) is 51.0 Å². The summed E-state index contributed by atoms with van der Waals surface area (Å²) in [4.78, 5) is 5.50. The monoisotopic (exact) mass is 282 g/mol. The molecule has 0 radical (unpaired) electrons. The average Bonchev–Trinajstić information content (AvgIpc) is 2.64. The van der Waals surface area contributed by atoms with Crippen LogP contribution in [0.5, 0.6) is 0 Å². The predicted octanol–water partition coefficient (Wildman–Crippen LogP) is 3.54. The van der Waals surface area contributed by atoms with E-state index in [0.717, 1.165) is 21.6 Å². The molecule has 1 atom stereocenters. The lowest BCUT2D eigenvalue weighted by Crippen LogP contribution is -2.18. The molecule has 0 aliphatic heterocycles. The number of rotatable bonds is 4. The first-order valence-corrected chi connectivity index (χ1v) is 6.87. The van der Waals surface area contributed by atoms with E-state index in [1.165, 1.54) is 12.1 Å². The summed E-state index contributed by atoms with van der Waals surface area (Å²) in [7, 11) is 1.84. The molecule has 0 fully saturated rings. The van der Waals surface area contributed by atoms with Crippen molar-refractivity contribution in [3.8, 4) is 0 Å². The van der Waals surface area contributed by atoms with Crippen LogP contribution in [0.15, 0.2) is 18.2 Å². The summed E-state index contributed by atoms with van der Waals surface area (Å²) in [5, 5.41) is 4.18. The van der Waals surface area contributed by atoms with E-state index in [9.17, 15) is 8.78 Å². The molecule has 1 aromatic carbocycles. The van der Waals surface area contributed by atoms with E-state index >= 15 is 0 Å². The molecule has 5 heteroatoms. The minimum Gasteiger partial charge on any atom is -0.312 e. The Bertz CT molecular complexity index is 561. The SMILES string of the molecule is CNC(Cc1cc(F)cc(F)c1)c1sc(C)nc1C. The fourth-order valence-electron chi connectivity index (χ4n) is 2.16. The largest absolute Gasteiger partial charge is 0.312 e. The van der Waals surface area contributed by atoms with Gasteiger partial charge in [0.15, 0.2) is 0 Å². The van der Waals surface area contributed by atoms with Gasteiger partial charge in [0.25, 0.3) is 0 Å². The van der Waals surface area contributed by atoms with Crippen molar-refractivity contribution in [2.24, 2.45) is 0 Å². The van der Waals surface area contributed by atoms with E-state index in [1.807, 2.05) is 20.9 Å². The van der Waals surface area contributed by atoms with Crippen molar-refractivity contribution in [2.45, 2.75) is 26.3 Å². The van der Waals surface area contributed by atoms with Gasteiger partial charge in [-0.05, 0) is 45.0 Å². The number of hydrogen-bond acceptors (Lipinski definition) is 3. The highest BCUT2D eigenvalue weighted by Crippen LogP contribution is 2.27. The van der Waals surface area contributed by atoms with Crippen molar-refractivity contribution < 1.29 is 8.78 Å².